The summed E-state index contributed by atoms with van der Waals surface area (Å²) in [5, 5.41) is 16.0. The van der Waals surface area contributed by atoms with E-state index in [1.54, 1.807) is 18.2 Å². The average Bonchev–Trinajstić information content (AvgIpc) is 2.86. The summed E-state index contributed by atoms with van der Waals surface area (Å²) < 4.78 is 24.7. The highest BCUT2D eigenvalue weighted by atomic mass is 19.1. The van der Waals surface area contributed by atoms with Crippen LogP contribution in [-0.2, 0) is 0 Å². The van der Waals surface area contributed by atoms with Crippen molar-refractivity contribution >= 4 is 11.8 Å². The minimum Gasteiger partial charge on any atom is -0.507 e. The molecule has 1 fully saturated rings. The molecule has 4 rings (SSSR count). The first-order valence-corrected chi connectivity index (χ1v) is 11.7. The maximum atomic E-state index is 13.9. The van der Waals surface area contributed by atoms with E-state index in [1.807, 2.05) is 19.1 Å². The van der Waals surface area contributed by atoms with Crippen molar-refractivity contribution in [3.8, 4) is 23.1 Å². The number of aromatic hydroxyl groups is 1. The number of hydrogen-bond acceptors (Lipinski definition) is 6. The molecule has 9 heteroatoms. The van der Waals surface area contributed by atoms with Crippen molar-refractivity contribution in [1.29, 1.82) is 0 Å². The number of ether oxygens (including phenoxy) is 2. The minimum atomic E-state index is -0.634. The van der Waals surface area contributed by atoms with Gasteiger partial charge in [-0.1, -0.05) is 12.1 Å². The molecule has 0 atom stereocenters. The summed E-state index contributed by atoms with van der Waals surface area (Å²) in [7, 11) is 1.48. The molecule has 3 aromatic rings. The second kappa shape index (κ2) is 11.1. The third-order valence-electron chi connectivity index (χ3n) is 6.11. The van der Waals surface area contributed by atoms with Crippen LogP contribution in [0.4, 0.5) is 4.39 Å². The summed E-state index contributed by atoms with van der Waals surface area (Å²) >= 11 is 0. The number of nitrogens with zero attached hydrogens (tertiary/aromatic N) is 1. The van der Waals surface area contributed by atoms with Crippen LogP contribution in [0.1, 0.15) is 52.0 Å². The van der Waals surface area contributed by atoms with Gasteiger partial charge in [-0.2, -0.15) is 0 Å². The summed E-state index contributed by atoms with van der Waals surface area (Å²) in [6.07, 6.45) is 3.55. The molecule has 1 heterocycles. The van der Waals surface area contributed by atoms with Crippen molar-refractivity contribution in [1.82, 2.24) is 15.6 Å². The van der Waals surface area contributed by atoms with E-state index in [9.17, 15) is 19.1 Å². The van der Waals surface area contributed by atoms with Gasteiger partial charge in [0, 0.05) is 18.2 Å². The summed E-state index contributed by atoms with van der Waals surface area (Å²) in [6, 6.07) is 12.7. The van der Waals surface area contributed by atoms with Gasteiger partial charge >= 0.3 is 0 Å². The van der Waals surface area contributed by atoms with Crippen molar-refractivity contribution < 1.29 is 28.6 Å². The van der Waals surface area contributed by atoms with Gasteiger partial charge < -0.3 is 25.2 Å². The molecule has 0 aliphatic heterocycles. The first-order valence-electron chi connectivity index (χ1n) is 11.7. The van der Waals surface area contributed by atoms with Crippen LogP contribution >= 0.6 is 0 Å². The highest BCUT2D eigenvalue weighted by molar-refractivity contribution is 5.97. The zero-order valence-electron chi connectivity index (χ0n) is 20.1. The van der Waals surface area contributed by atoms with Gasteiger partial charge in [0.25, 0.3) is 11.8 Å². The maximum Gasteiger partial charge on any atom is 0.257 e. The Morgan fingerprint density at radius 2 is 1.61 bits per heavy atom. The predicted molar refractivity (Wildman–Crippen MR) is 131 cm³/mol. The van der Waals surface area contributed by atoms with Crippen LogP contribution in [0.15, 0.2) is 54.7 Å². The fourth-order valence-corrected chi connectivity index (χ4v) is 4.20. The lowest BCUT2D eigenvalue weighted by Crippen LogP contribution is -2.43. The molecule has 1 aromatic heterocycles. The quantitative estimate of drug-likeness (QED) is 0.447. The van der Waals surface area contributed by atoms with E-state index < -0.39 is 11.7 Å². The third-order valence-corrected chi connectivity index (χ3v) is 6.11. The Bertz CT molecular complexity index is 1260. The number of halogens is 1. The molecule has 0 saturated heterocycles. The molecule has 2 aromatic carbocycles. The Morgan fingerprint density at radius 1 is 0.944 bits per heavy atom. The molecule has 1 aliphatic carbocycles. The van der Waals surface area contributed by atoms with Crippen molar-refractivity contribution in [3.63, 3.8) is 0 Å². The zero-order valence-corrected chi connectivity index (χ0v) is 20.1. The predicted octanol–water partition coefficient (Wildman–Crippen LogP) is 4.51. The van der Waals surface area contributed by atoms with E-state index in [-0.39, 0.29) is 40.7 Å². The maximum absolute atomic E-state index is 13.9. The molecule has 0 bridgehead atoms. The Hall–Kier alpha value is -4.14. The lowest BCUT2D eigenvalue weighted by Gasteiger charge is -2.30. The van der Waals surface area contributed by atoms with E-state index in [4.69, 9.17) is 9.47 Å². The number of phenolic OH excluding ortho intramolecular Hbond substituents is 1. The molecule has 1 aliphatic rings. The van der Waals surface area contributed by atoms with Crippen molar-refractivity contribution in [2.24, 2.45) is 0 Å². The van der Waals surface area contributed by atoms with E-state index >= 15 is 0 Å². The molecule has 8 nitrogen and oxygen atoms in total. The molecular weight excluding hydrogens is 465 g/mol. The number of carbonyl (C=O) groups excluding carboxylic acids is 2. The van der Waals surface area contributed by atoms with Gasteiger partial charge in [-0.15, -0.1) is 0 Å². The Balaban J connectivity index is 1.34. The highest BCUT2D eigenvalue weighted by Gasteiger charge is 2.26. The number of benzene rings is 2. The monoisotopic (exact) mass is 493 g/mol. The summed E-state index contributed by atoms with van der Waals surface area (Å²) in [5.74, 6) is -0.639. The standard InChI is InChI=1S/C27H28FN3O5/c1-16-4-3-5-21(12-16)36-27-23(13-17(28)15-29-27)26(34)31-19-8-6-18(7-9-19)30-25(33)22-11-10-20(35-2)14-24(22)32/h3-5,10-15,18-19,32H,6-9H2,1-2H3,(H,30,33)(H,31,34). The Kier molecular flexibility index (Phi) is 7.68. The van der Waals surface area contributed by atoms with Crippen LogP contribution in [0, 0.1) is 12.7 Å². The molecule has 2 amide bonds. The van der Waals surface area contributed by atoms with E-state index in [0.29, 0.717) is 37.2 Å². The smallest absolute Gasteiger partial charge is 0.257 e. The number of methoxy groups -OCH3 is 1. The molecule has 3 N–H and O–H groups in total. The van der Waals surface area contributed by atoms with Gasteiger partial charge in [-0.3, -0.25) is 9.59 Å². The summed E-state index contributed by atoms with van der Waals surface area (Å²) in [4.78, 5) is 29.5. The van der Waals surface area contributed by atoms with E-state index in [0.717, 1.165) is 17.8 Å². The minimum absolute atomic E-state index is 0.0157. The number of nitrogens with one attached hydrogen (secondary N) is 2. The van der Waals surface area contributed by atoms with Crippen molar-refractivity contribution in [2.75, 3.05) is 7.11 Å². The number of phenols is 1. The fourth-order valence-electron chi connectivity index (χ4n) is 4.20. The number of carbonyl (C=O) groups is 2. The zero-order chi connectivity index (χ0) is 25.7. The molecular formula is C27H28FN3O5. The van der Waals surface area contributed by atoms with Gasteiger partial charge in [-0.05, 0) is 68.5 Å². The molecule has 0 spiro atoms. The first-order chi connectivity index (χ1) is 17.3. The van der Waals surface area contributed by atoms with Crippen molar-refractivity contribution in [2.45, 2.75) is 44.7 Å². The number of aryl methyl sites for hydroxylation is 1. The average molecular weight is 494 g/mol. The number of rotatable bonds is 7. The molecule has 188 valence electrons. The first kappa shape index (κ1) is 25.0. The van der Waals surface area contributed by atoms with Gasteiger partial charge in [0.05, 0.1) is 18.9 Å². The second-order valence-electron chi connectivity index (χ2n) is 8.80. The van der Waals surface area contributed by atoms with Crippen molar-refractivity contribution in [3.05, 3.63) is 77.2 Å². The van der Waals surface area contributed by atoms with Crippen LogP contribution in [0.3, 0.4) is 0 Å². The number of amides is 2. The number of aromatic nitrogens is 1. The fraction of sp³-hybridized carbons (Fsp3) is 0.296. The van der Waals surface area contributed by atoms with Crippen LogP contribution < -0.4 is 20.1 Å². The van der Waals surface area contributed by atoms with Crippen LogP contribution in [0.5, 0.6) is 23.1 Å². The Morgan fingerprint density at radius 3 is 2.22 bits per heavy atom. The van der Waals surface area contributed by atoms with Gasteiger partial charge in [0.2, 0.25) is 5.88 Å². The molecule has 0 unspecified atom stereocenters. The topological polar surface area (TPSA) is 110 Å². The lowest BCUT2D eigenvalue weighted by molar-refractivity contribution is 0.0888. The van der Waals surface area contributed by atoms with Crippen LogP contribution in [-0.4, -0.2) is 41.1 Å². The second-order valence-corrected chi connectivity index (χ2v) is 8.80. The molecule has 0 radical (unpaired) electrons. The van der Waals surface area contributed by atoms with Gasteiger partial charge in [0.1, 0.15) is 28.6 Å². The third kappa shape index (κ3) is 6.10. The van der Waals surface area contributed by atoms with E-state index in [2.05, 4.69) is 15.6 Å². The SMILES string of the molecule is COc1ccc(C(=O)NC2CCC(NC(=O)c3cc(F)cnc3Oc3cccc(C)c3)CC2)c(O)c1. The van der Waals surface area contributed by atoms with Gasteiger partial charge in [0.15, 0.2) is 0 Å². The highest BCUT2D eigenvalue weighted by Crippen LogP contribution is 2.27. The Labute approximate surface area is 208 Å². The van der Waals surface area contributed by atoms with E-state index in [1.165, 1.54) is 19.2 Å². The molecule has 36 heavy (non-hydrogen) atoms. The lowest BCUT2D eigenvalue weighted by atomic mass is 9.90. The summed E-state index contributed by atoms with van der Waals surface area (Å²) in [5.41, 5.74) is 1.17. The number of pyridine rings is 1. The summed E-state index contributed by atoms with van der Waals surface area (Å²) in [6.45, 7) is 1.91. The largest absolute Gasteiger partial charge is 0.507 e. The van der Waals surface area contributed by atoms with Gasteiger partial charge in [-0.25, -0.2) is 9.37 Å². The van der Waals surface area contributed by atoms with Crippen LogP contribution in [0.25, 0.3) is 0 Å². The number of hydrogen-bond donors (Lipinski definition) is 3. The normalized spacial score (nSPS) is 17.2. The molecule has 1 saturated carbocycles. The van der Waals surface area contributed by atoms with Crippen LogP contribution in [0.2, 0.25) is 0 Å².